The van der Waals surface area contributed by atoms with Crippen molar-refractivity contribution in [2.45, 2.75) is 19.8 Å². The molecule has 0 radical (unpaired) electrons. The van der Waals surface area contributed by atoms with Gasteiger partial charge in [-0.1, -0.05) is 23.8 Å². The third-order valence-corrected chi connectivity index (χ3v) is 2.52. The zero-order valence-corrected chi connectivity index (χ0v) is 7.22. The second kappa shape index (κ2) is 3.56. The van der Waals surface area contributed by atoms with Crippen LogP contribution in [0, 0.1) is 11.8 Å². The summed E-state index contributed by atoms with van der Waals surface area (Å²) < 4.78 is 0. The van der Waals surface area contributed by atoms with Gasteiger partial charge in [0.2, 0.25) is 0 Å². The summed E-state index contributed by atoms with van der Waals surface area (Å²) in [4.78, 5) is 0. The highest BCUT2D eigenvalue weighted by Crippen LogP contribution is 2.36. The molecule has 2 atom stereocenters. The summed E-state index contributed by atoms with van der Waals surface area (Å²) in [5.74, 6) is 1.30. The van der Waals surface area contributed by atoms with Gasteiger partial charge in [-0.15, -0.1) is 13.2 Å². The molecule has 0 N–H and O–H groups in total. The van der Waals surface area contributed by atoms with Crippen LogP contribution in [0.2, 0.25) is 0 Å². The number of rotatable bonds is 2. The molecule has 0 heterocycles. The molecule has 11 heavy (non-hydrogen) atoms. The lowest BCUT2D eigenvalue weighted by Crippen LogP contribution is -1.90. The van der Waals surface area contributed by atoms with Crippen molar-refractivity contribution in [1.29, 1.82) is 0 Å². The van der Waals surface area contributed by atoms with Gasteiger partial charge in [0, 0.05) is 0 Å². The van der Waals surface area contributed by atoms with Gasteiger partial charge in [0.1, 0.15) is 0 Å². The summed E-state index contributed by atoms with van der Waals surface area (Å²) in [5.41, 5.74) is 1.53. The minimum Gasteiger partial charge on any atom is -0.103 e. The number of hydrogen-bond acceptors (Lipinski definition) is 0. The van der Waals surface area contributed by atoms with Crippen LogP contribution in [0.15, 0.2) is 37.0 Å². The van der Waals surface area contributed by atoms with Crippen molar-refractivity contribution in [2.75, 3.05) is 0 Å². The zero-order valence-electron chi connectivity index (χ0n) is 7.22. The van der Waals surface area contributed by atoms with Crippen LogP contribution in [-0.4, -0.2) is 0 Å². The Balaban J connectivity index is 2.69. The van der Waals surface area contributed by atoms with E-state index >= 15 is 0 Å². The molecule has 0 aromatic carbocycles. The molecule has 0 amide bonds. The third kappa shape index (κ3) is 1.62. The molecule has 60 valence electrons. The molecule has 1 rings (SSSR count). The molecule has 0 nitrogen and oxygen atoms in total. The quantitative estimate of drug-likeness (QED) is 0.527. The molecule has 1 aliphatic rings. The van der Waals surface area contributed by atoms with Gasteiger partial charge < -0.3 is 0 Å². The summed E-state index contributed by atoms with van der Waals surface area (Å²) in [7, 11) is 0. The fourth-order valence-corrected chi connectivity index (χ4v) is 1.77. The lowest BCUT2D eigenvalue weighted by molar-refractivity contribution is 0.648. The van der Waals surface area contributed by atoms with Gasteiger partial charge >= 0.3 is 0 Å². The second-order valence-electron chi connectivity index (χ2n) is 3.14. The van der Waals surface area contributed by atoms with E-state index in [1.807, 2.05) is 0 Å². The molecule has 0 aromatic rings. The van der Waals surface area contributed by atoms with E-state index < -0.39 is 0 Å². The fraction of sp³-hybridized carbons (Fsp3) is 0.455. The zero-order chi connectivity index (χ0) is 8.27. The Morgan fingerprint density at radius 3 is 2.45 bits per heavy atom. The average molecular weight is 148 g/mol. The maximum atomic E-state index is 3.83. The van der Waals surface area contributed by atoms with Crippen LogP contribution in [0.4, 0.5) is 0 Å². The number of hydrogen-bond donors (Lipinski definition) is 0. The Hall–Kier alpha value is -0.780. The molecule has 0 unspecified atom stereocenters. The predicted molar refractivity (Wildman–Crippen MR) is 50.4 cm³/mol. The van der Waals surface area contributed by atoms with Crippen molar-refractivity contribution in [2.24, 2.45) is 11.8 Å². The van der Waals surface area contributed by atoms with E-state index in [4.69, 9.17) is 0 Å². The summed E-state index contributed by atoms with van der Waals surface area (Å²) in [6.07, 6.45) is 8.74. The smallest absolute Gasteiger partial charge is 0.00201 e. The van der Waals surface area contributed by atoms with Crippen molar-refractivity contribution in [1.82, 2.24) is 0 Å². The second-order valence-corrected chi connectivity index (χ2v) is 3.14. The van der Waals surface area contributed by atoms with E-state index in [-0.39, 0.29) is 0 Å². The summed E-state index contributed by atoms with van der Waals surface area (Å²) in [5, 5.41) is 0. The van der Waals surface area contributed by atoms with E-state index in [1.165, 1.54) is 18.4 Å². The molecular formula is C11H16. The van der Waals surface area contributed by atoms with E-state index in [2.05, 4.69) is 38.3 Å². The first-order valence-electron chi connectivity index (χ1n) is 4.22. The van der Waals surface area contributed by atoms with Gasteiger partial charge in [-0.05, 0) is 31.6 Å². The Morgan fingerprint density at radius 1 is 1.36 bits per heavy atom. The van der Waals surface area contributed by atoms with Crippen molar-refractivity contribution < 1.29 is 0 Å². The van der Waals surface area contributed by atoms with Crippen LogP contribution in [-0.2, 0) is 0 Å². The minimum atomic E-state index is 0.614. The van der Waals surface area contributed by atoms with Crippen molar-refractivity contribution in [3.8, 4) is 0 Å². The maximum Gasteiger partial charge on any atom is -0.00201 e. The van der Waals surface area contributed by atoms with Gasteiger partial charge in [-0.3, -0.25) is 0 Å². The van der Waals surface area contributed by atoms with Crippen LogP contribution in [0.3, 0.4) is 0 Å². The summed E-state index contributed by atoms with van der Waals surface area (Å²) in [6.45, 7) is 9.76. The summed E-state index contributed by atoms with van der Waals surface area (Å²) >= 11 is 0. The van der Waals surface area contributed by atoms with E-state index in [0.29, 0.717) is 11.8 Å². The van der Waals surface area contributed by atoms with Crippen LogP contribution < -0.4 is 0 Å². The van der Waals surface area contributed by atoms with Gasteiger partial charge in [-0.2, -0.15) is 0 Å². The minimum absolute atomic E-state index is 0.614. The van der Waals surface area contributed by atoms with Gasteiger partial charge in [0.15, 0.2) is 0 Å². The Kier molecular flexibility index (Phi) is 2.70. The van der Waals surface area contributed by atoms with Crippen LogP contribution in [0.1, 0.15) is 19.8 Å². The monoisotopic (exact) mass is 148 g/mol. The highest BCUT2D eigenvalue weighted by molar-refractivity contribution is 5.19. The first-order chi connectivity index (χ1) is 5.31. The topological polar surface area (TPSA) is 0 Å². The molecule has 0 aromatic heterocycles. The normalized spacial score (nSPS) is 34.1. The first kappa shape index (κ1) is 8.32. The lowest BCUT2D eigenvalue weighted by atomic mass is 10.0. The van der Waals surface area contributed by atoms with Gasteiger partial charge in [0.25, 0.3) is 0 Å². The number of allylic oxidation sites excluding steroid dienone is 4. The van der Waals surface area contributed by atoms with Crippen LogP contribution >= 0.6 is 0 Å². The summed E-state index contributed by atoms with van der Waals surface area (Å²) in [6, 6.07) is 0. The van der Waals surface area contributed by atoms with Crippen molar-refractivity contribution in [3.05, 3.63) is 37.0 Å². The van der Waals surface area contributed by atoms with Gasteiger partial charge in [-0.25, -0.2) is 0 Å². The molecule has 0 saturated heterocycles. The van der Waals surface area contributed by atoms with E-state index in [1.54, 1.807) is 0 Å². The molecule has 0 heteroatoms. The fourth-order valence-electron chi connectivity index (χ4n) is 1.77. The lowest BCUT2D eigenvalue weighted by Gasteiger charge is -2.02. The molecule has 1 saturated carbocycles. The first-order valence-corrected chi connectivity index (χ1v) is 4.22. The third-order valence-electron chi connectivity index (χ3n) is 2.52. The Morgan fingerprint density at radius 2 is 2.09 bits per heavy atom. The Bertz CT molecular complexity index is 186. The molecule has 0 bridgehead atoms. The highest BCUT2D eigenvalue weighted by Gasteiger charge is 2.23. The highest BCUT2D eigenvalue weighted by atomic mass is 14.3. The molecular weight excluding hydrogens is 132 g/mol. The van der Waals surface area contributed by atoms with Crippen LogP contribution in [0.25, 0.3) is 0 Å². The van der Waals surface area contributed by atoms with Crippen LogP contribution in [0.5, 0.6) is 0 Å². The maximum absolute atomic E-state index is 3.83. The largest absolute Gasteiger partial charge is 0.103 e. The molecule has 1 aliphatic carbocycles. The predicted octanol–water partition coefficient (Wildman–Crippen LogP) is 3.33. The van der Waals surface area contributed by atoms with Crippen molar-refractivity contribution in [3.63, 3.8) is 0 Å². The van der Waals surface area contributed by atoms with E-state index in [9.17, 15) is 0 Å². The van der Waals surface area contributed by atoms with E-state index in [0.717, 1.165) is 0 Å². The molecule has 0 spiro atoms. The SMILES string of the molecule is C=C[C@H]1C/C(=C/C)[C@@H](C=C)C1. The van der Waals surface area contributed by atoms with Crippen molar-refractivity contribution >= 4 is 0 Å². The average Bonchev–Trinajstić information content (AvgIpc) is 2.46. The standard InChI is InChI=1S/C11H16/c1-4-9-7-10(5-2)11(6-3)8-9/h4-6,9-10H,1-2,7-8H2,3H3/b11-6-/t9-,10+/m1/s1. The molecule has 0 aliphatic heterocycles. The van der Waals surface area contributed by atoms with Gasteiger partial charge in [0.05, 0.1) is 0 Å². The molecule has 1 fully saturated rings. The Labute approximate surface area is 69.3 Å².